The summed E-state index contributed by atoms with van der Waals surface area (Å²) in [6.45, 7) is 5.60. The Kier molecular flexibility index (Phi) is 6.31. The lowest BCUT2D eigenvalue weighted by atomic mass is 9.98. The lowest BCUT2D eigenvalue weighted by Gasteiger charge is -2.38. The number of ether oxygens (including phenoxy) is 1. The smallest absolute Gasteiger partial charge is 0.313 e. The number of β-lactam (4-membered cyclic amide) rings is 1. The molecule has 6 nitrogen and oxygen atoms in total. The molecule has 0 spiro atoms. The molecule has 1 unspecified atom stereocenters. The van der Waals surface area contributed by atoms with E-state index in [0.717, 1.165) is 5.56 Å². The molecular weight excluding hydrogens is 322 g/mol. The van der Waals surface area contributed by atoms with Gasteiger partial charge in [-0.05, 0) is 32.8 Å². The summed E-state index contributed by atoms with van der Waals surface area (Å²) in [5, 5.41) is 1.34. The molecule has 1 heterocycles. The molecule has 1 aromatic rings. The van der Waals surface area contributed by atoms with Crippen LogP contribution in [-0.4, -0.2) is 34.4 Å². The molecule has 0 radical (unpaired) electrons. The van der Waals surface area contributed by atoms with Crippen LogP contribution in [0.2, 0.25) is 0 Å². The van der Waals surface area contributed by atoms with Crippen molar-refractivity contribution < 1.29 is 24.0 Å². The third-order valence-corrected chi connectivity index (χ3v) is 3.72. The zero-order valence-corrected chi connectivity index (χ0v) is 15.0. The number of hydroxylamine groups is 2. The van der Waals surface area contributed by atoms with Crippen molar-refractivity contribution in [3.05, 3.63) is 35.9 Å². The van der Waals surface area contributed by atoms with Crippen LogP contribution in [0.3, 0.4) is 0 Å². The van der Waals surface area contributed by atoms with Gasteiger partial charge in [-0.3, -0.25) is 19.2 Å². The van der Waals surface area contributed by atoms with Crippen LogP contribution in [0.5, 0.6) is 0 Å². The maximum Gasteiger partial charge on any atom is 0.313 e. The molecule has 2 rings (SSSR count). The molecule has 1 aromatic carbocycles. The molecule has 0 bridgehead atoms. The number of carbonyl (C=O) groups is 3. The number of hydrogen-bond acceptors (Lipinski definition) is 5. The summed E-state index contributed by atoms with van der Waals surface area (Å²) in [6, 6.07) is 9.45. The van der Waals surface area contributed by atoms with Gasteiger partial charge in [0.05, 0.1) is 12.5 Å². The summed E-state index contributed by atoms with van der Waals surface area (Å²) >= 11 is 0. The molecule has 0 saturated carbocycles. The van der Waals surface area contributed by atoms with Gasteiger partial charge >= 0.3 is 5.97 Å². The van der Waals surface area contributed by atoms with E-state index in [-0.39, 0.29) is 30.6 Å². The molecule has 1 aliphatic heterocycles. The number of nitrogens with zero attached hydrogens (tertiary/aromatic N) is 1. The number of esters is 1. The van der Waals surface area contributed by atoms with Crippen molar-refractivity contribution in [2.45, 2.75) is 64.7 Å². The van der Waals surface area contributed by atoms with E-state index in [1.54, 1.807) is 20.8 Å². The Hall–Kier alpha value is -2.21. The molecule has 1 atom stereocenters. The summed E-state index contributed by atoms with van der Waals surface area (Å²) in [6.07, 6.45) is 0.849. The molecule has 25 heavy (non-hydrogen) atoms. The zero-order chi connectivity index (χ0) is 18.4. The third kappa shape index (κ3) is 6.31. The van der Waals surface area contributed by atoms with E-state index < -0.39 is 11.6 Å². The Morgan fingerprint density at radius 3 is 2.48 bits per heavy atom. The van der Waals surface area contributed by atoms with Crippen LogP contribution in [0.1, 0.15) is 52.0 Å². The first-order chi connectivity index (χ1) is 11.7. The molecule has 1 aliphatic rings. The number of hydrogen-bond donors (Lipinski definition) is 0. The number of carbonyl (C=O) groups excluding carboxylic acids is 3. The predicted molar refractivity (Wildman–Crippen MR) is 91.2 cm³/mol. The number of amides is 1. The molecular formula is C19H25NO5. The van der Waals surface area contributed by atoms with Crippen molar-refractivity contribution in [1.82, 2.24) is 5.06 Å². The van der Waals surface area contributed by atoms with Gasteiger partial charge in [0.2, 0.25) is 5.91 Å². The highest BCUT2D eigenvalue weighted by Crippen LogP contribution is 2.25. The predicted octanol–water partition coefficient (Wildman–Crippen LogP) is 2.80. The largest absolute Gasteiger partial charge is 0.460 e. The molecule has 0 aliphatic carbocycles. The van der Waals surface area contributed by atoms with Crippen molar-refractivity contribution in [2.24, 2.45) is 0 Å². The molecule has 1 saturated heterocycles. The second-order valence-electron chi connectivity index (χ2n) is 7.18. The van der Waals surface area contributed by atoms with Gasteiger partial charge in [-0.15, -0.1) is 0 Å². The fraction of sp³-hybridized carbons (Fsp3) is 0.526. The van der Waals surface area contributed by atoms with Gasteiger partial charge in [0.1, 0.15) is 24.4 Å². The SMILES string of the molecule is CC(C)(C)OC(=O)CC(=O)CCC1CC(=O)N1OCc1ccccc1. The number of Topliss-reactive ketones (excluding diaryl/α,β-unsaturated/α-hetero) is 1. The first-order valence-corrected chi connectivity index (χ1v) is 8.47. The van der Waals surface area contributed by atoms with Crippen molar-refractivity contribution in [3.8, 4) is 0 Å². The van der Waals surface area contributed by atoms with Crippen LogP contribution in [0.4, 0.5) is 0 Å². The van der Waals surface area contributed by atoms with E-state index in [1.165, 1.54) is 5.06 Å². The Bertz CT molecular complexity index is 620. The standard InChI is InChI=1S/C19H25NO5/c1-19(2,3)25-18(23)12-16(21)10-9-15-11-17(22)20(15)24-13-14-7-5-4-6-8-14/h4-8,15H,9-13H2,1-3H3. The summed E-state index contributed by atoms with van der Waals surface area (Å²) in [4.78, 5) is 40.8. The van der Waals surface area contributed by atoms with Gasteiger partial charge in [-0.25, -0.2) is 5.06 Å². The van der Waals surface area contributed by atoms with Crippen LogP contribution in [-0.2, 0) is 30.6 Å². The minimum atomic E-state index is -0.597. The van der Waals surface area contributed by atoms with E-state index in [0.29, 0.717) is 19.4 Å². The van der Waals surface area contributed by atoms with Gasteiger partial charge in [-0.2, -0.15) is 0 Å². The Labute approximate surface area is 148 Å². The number of benzene rings is 1. The van der Waals surface area contributed by atoms with Crippen molar-refractivity contribution in [2.75, 3.05) is 0 Å². The van der Waals surface area contributed by atoms with Crippen molar-refractivity contribution >= 4 is 17.7 Å². The molecule has 136 valence electrons. The summed E-state index contributed by atoms with van der Waals surface area (Å²) in [5.74, 6) is -0.781. The minimum Gasteiger partial charge on any atom is -0.460 e. The second kappa shape index (κ2) is 8.25. The average Bonchev–Trinajstić information content (AvgIpc) is 2.50. The number of ketones is 1. The summed E-state index contributed by atoms with van der Waals surface area (Å²) in [5.41, 5.74) is 0.377. The highest BCUT2D eigenvalue weighted by atomic mass is 16.7. The zero-order valence-electron chi connectivity index (χ0n) is 15.0. The molecule has 1 amide bonds. The second-order valence-corrected chi connectivity index (χ2v) is 7.18. The minimum absolute atomic E-state index is 0.0828. The Morgan fingerprint density at radius 1 is 1.20 bits per heavy atom. The highest BCUT2D eigenvalue weighted by molar-refractivity contribution is 5.95. The fourth-order valence-electron chi connectivity index (χ4n) is 2.54. The third-order valence-electron chi connectivity index (χ3n) is 3.72. The van der Waals surface area contributed by atoms with E-state index in [2.05, 4.69) is 0 Å². The lowest BCUT2D eigenvalue weighted by molar-refractivity contribution is -0.234. The molecule has 0 aromatic heterocycles. The van der Waals surface area contributed by atoms with Crippen LogP contribution < -0.4 is 0 Å². The van der Waals surface area contributed by atoms with Gasteiger partial charge in [0.25, 0.3) is 0 Å². The molecule has 0 N–H and O–H groups in total. The summed E-state index contributed by atoms with van der Waals surface area (Å²) in [7, 11) is 0. The van der Waals surface area contributed by atoms with Gasteiger partial charge in [0.15, 0.2) is 0 Å². The quantitative estimate of drug-likeness (QED) is 0.411. The Balaban J connectivity index is 1.72. The first-order valence-electron chi connectivity index (χ1n) is 8.47. The Morgan fingerprint density at radius 2 is 1.88 bits per heavy atom. The van der Waals surface area contributed by atoms with E-state index in [4.69, 9.17) is 9.57 Å². The van der Waals surface area contributed by atoms with Gasteiger partial charge < -0.3 is 4.74 Å². The lowest BCUT2D eigenvalue weighted by Crippen LogP contribution is -2.52. The molecule has 6 heteroatoms. The van der Waals surface area contributed by atoms with Gasteiger partial charge in [-0.1, -0.05) is 30.3 Å². The summed E-state index contributed by atoms with van der Waals surface area (Å²) < 4.78 is 5.13. The van der Waals surface area contributed by atoms with Crippen molar-refractivity contribution in [1.29, 1.82) is 0 Å². The maximum atomic E-state index is 11.9. The van der Waals surface area contributed by atoms with Crippen LogP contribution >= 0.6 is 0 Å². The van der Waals surface area contributed by atoms with Crippen LogP contribution in [0.15, 0.2) is 30.3 Å². The normalized spacial score (nSPS) is 17.2. The fourth-order valence-corrected chi connectivity index (χ4v) is 2.54. The van der Waals surface area contributed by atoms with Crippen LogP contribution in [0, 0.1) is 0 Å². The van der Waals surface area contributed by atoms with Crippen molar-refractivity contribution in [3.63, 3.8) is 0 Å². The van der Waals surface area contributed by atoms with E-state index >= 15 is 0 Å². The average molecular weight is 347 g/mol. The molecule has 1 fully saturated rings. The highest BCUT2D eigenvalue weighted by Gasteiger charge is 2.37. The first kappa shape index (κ1) is 19.1. The topological polar surface area (TPSA) is 72.9 Å². The van der Waals surface area contributed by atoms with Crippen LogP contribution in [0.25, 0.3) is 0 Å². The number of rotatable bonds is 8. The van der Waals surface area contributed by atoms with Gasteiger partial charge in [0, 0.05) is 6.42 Å². The van der Waals surface area contributed by atoms with E-state index in [9.17, 15) is 14.4 Å². The maximum absolute atomic E-state index is 11.9. The monoisotopic (exact) mass is 347 g/mol. The van der Waals surface area contributed by atoms with E-state index in [1.807, 2.05) is 30.3 Å².